The fourth-order valence-electron chi connectivity index (χ4n) is 3.09. The highest BCUT2D eigenvalue weighted by molar-refractivity contribution is 5.72. The second-order valence-corrected chi connectivity index (χ2v) is 6.68. The maximum atomic E-state index is 13.5. The Morgan fingerprint density at radius 1 is 1.15 bits per heavy atom. The van der Waals surface area contributed by atoms with Crippen molar-refractivity contribution >= 4 is 11.8 Å². The number of pyridine rings is 1. The molecule has 1 atom stereocenters. The van der Waals surface area contributed by atoms with E-state index >= 15 is 0 Å². The first-order valence-electron chi connectivity index (χ1n) is 9.29. The minimum absolute atomic E-state index is 0.174. The molecule has 1 saturated carbocycles. The van der Waals surface area contributed by atoms with Gasteiger partial charge in [0.2, 0.25) is 5.95 Å². The van der Waals surface area contributed by atoms with E-state index in [2.05, 4.69) is 25.6 Å². The second kappa shape index (κ2) is 8.87. The molecule has 0 bridgehead atoms. The lowest BCUT2D eigenvalue weighted by atomic mass is 9.95. The van der Waals surface area contributed by atoms with Crippen molar-refractivity contribution in [1.29, 1.82) is 0 Å². The van der Waals surface area contributed by atoms with Crippen molar-refractivity contribution in [1.82, 2.24) is 15.0 Å². The first kappa shape index (κ1) is 18.5. The molecule has 5 nitrogen and oxygen atoms in total. The van der Waals surface area contributed by atoms with Gasteiger partial charge in [0.25, 0.3) is 0 Å². The lowest BCUT2D eigenvalue weighted by Gasteiger charge is -2.24. The van der Waals surface area contributed by atoms with Crippen LogP contribution in [0.5, 0.6) is 0 Å². The Morgan fingerprint density at radius 3 is 2.65 bits per heavy atom. The van der Waals surface area contributed by atoms with Crippen LogP contribution in [-0.4, -0.2) is 33.7 Å². The first-order valence-corrected chi connectivity index (χ1v) is 9.29. The lowest BCUT2D eigenvalue weighted by Crippen LogP contribution is -2.24. The molecule has 0 spiro atoms. The standard InChI is InChI=1S/C19H25F2N5/c1-2-13(20)10-23-19-24-12-16(17-9-8-14(21)11-22-17)18(26-19)25-15-6-4-3-5-7-15/h8-9,11-13,15H,2-7,10H2,1H3,(H2,23,24,25,26). The molecule has 0 aliphatic heterocycles. The summed E-state index contributed by atoms with van der Waals surface area (Å²) < 4.78 is 26.7. The molecule has 2 N–H and O–H groups in total. The van der Waals surface area contributed by atoms with Crippen molar-refractivity contribution < 1.29 is 8.78 Å². The number of hydrogen-bond acceptors (Lipinski definition) is 5. The van der Waals surface area contributed by atoms with Crippen LogP contribution in [0.1, 0.15) is 45.4 Å². The predicted molar refractivity (Wildman–Crippen MR) is 99.4 cm³/mol. The van der Waals surface area contributed by atoms with Gasteiger partial charge in [-0.05, 0) is 31.4 Å². The van der Waals surface area contributed by atoms with Gasteiger partial charge in [-0.25, -0.2) is 13.8 Å². The summed E-state index contributed by atoms with van der Waals surface area (Å²) in [5.41, 5.74) is 1.32. The zero-order valence-electron chi connectivity index (χ0n) is 15.0. The Morgan fingerprint density at radius 2 is 1.96 bits per heavy atom. The van der Waals surface area contributed by atoms with Crippen LogP contribution in [0.3, 0.4) is 0 Å². The average Bonchev–Trinajstić information content (AvgIpc) is 2.68. The zero-order valence-corrected chi connectivity index (χ0v) is 15.0. The van der Waals surface area contributed by atoms with Gasteiger partial charge < -0.3 is 10.6 Å². The van der Waals surface area contributed by atoms with E-state index in [4.69, 9.17) is 0 Å². The molecule has 3 rings (SSSR count). The number of nitrogens with zero attached hydrogens (tertiary/aromatic N) is 3. The van der Waals surface area contributed by atoms with Gasteiger partial charge in [0.1, 0.15) is 17.8 Å². The van der Waals surface area contributed by atoms with Crippen LogP contribution in [0.25, 0.3) is 11.3 Å². The minimum Gasteiger partial charge on any atom is -0.367 e. The van der Waals surface area contributed by atoms with Gasteiger partial charge in [0.05, 0.1) is 17.5 Å². The minimum atomic E-state index is -0.938. The maximum Gasteiger partial charge on any atom is 0.224 e. The Kier molecular flexibility index (Phi) is 6.30. The number of halogens is 2. The van der Waals surface area contributed by atoms with Crippen molar-refractivity contribution in [2.75, 3.05) is 17.2 Å². The molecular formula is C19H25F2N5. The third kappa shape index (κ3) is 4.86. The highest BCUT2D eigenvalue weighted by Gasteiger charge is 2.18. The van der Waals surface area contributed by atoms with Crippen LogP contribution >= 0.6 is 0 Å². The summed E-state index contributed by atoms with van der Waals surface area (Å²) in [6.45, 7) is 1.97. The molecule has 1 unspecified atom stereocenters. The van der Waals surface area contributed by atoms with Crippen LogP contribution in [0, 0.1) is 5.82 Å². The van der Waals surface area contributed by atoms with Gasteiger partial charge in [0, 0.05) is 18.8 Å². The smallest absolute Gasteiger partial charge is 0.224 e. The van der Waals surface area contributed by atoms with E-state index in [-0.39, 0.29) is 12.4 Å². The van der Waals surface area contributed by atoms with Crippen LogP contribution < -0.4 is 10.6 Å². The summed E-state index contributed by atoms with van der Waals surface area (Å²) in [6.07, 6.45) is 8.16. The fraction of sp³-hybridized carbons (Fsp3) is 0.526. The highest BCUT2D eigenvalue weighted by atomic mass is 19.1. The van der Waals surface area contributed by atoms with Crippen molar-refractivity contribution in [3.8, 4) is 11.3 Å². The molecular weight excluding hydrogens is 336 g/mol. The van der Waals surface area contributed by atoms with Crippen LogP contribution in [0.4, 0.5) is 20.5 Å². The van der Waals surface area contributed by atoms with Crippen molar-refractivity contribution in [2.24, 2.45) is 0 Å². The van der Waals surface area contributed by atoms with Gasteiger partial charge in [0.15, 0.2) is 0 Å². The van der Waals surface area contributed by atoms with Gasteiger partial charge in [-0.3, -0.25) is 4.98 Å². The summed E-state index contributed by atoms with van der Waals surface area (Å²) in [6, 6.07) is 3.32. The Bertz CT molecular complexity index is 702. The first-order chi connectivity index (χ1) is 12.7. The average molecular weight is 361 g/mol. The third-order valence-electron chi connectivity index (χ3n) is 4.66. The molecule has 1 fully saturated rings. The molecule has 0 saturated heterocycles. The fourth-order valence-corrected chi connectivity index (χ4v) is 3.09. The molecule has 2 aromatic rings. The second-order valence-electron chi connectivity index (χ2n) is 6.68. The normalized spacial score (nSPS) is 16.3. The Labute approximate surface area is 152 Å². The monoisotopic (exact) mass is 361 g/mol. The van der Waals surface area contributed by atoms with E-state index in [1.54, 1.807) is 19.2 Å². The van der Waals surface area contributed by atoms with Gasteiger partial charge in [-0.2, -0.15) is 4.98 Å². The lowest BCUT2D eigenvalue weighted by molar-refractivity contribution is 0.340. The van der Waals surface area contributed by atoms with E-state index < -0.39 is 6.17 Å². The molecule has 0 aromatic carbocycles. The largest absolute Gasteiger partial charge is 0.367 e. The zero-order chi connectivity index (χ0) is 18.4. The van der Waals surface area contributed by atoms with E-state index in [0.29, 0.717) is 35.5 Å². The van der Waals surface area contributed by atoms with Crippen molar-refractivity contribution in [3.63, 3.8) is 0 Å². The number of alkyl halides is 1. The van der Waals surface area contributed by atoms with E-state index in [0.717, 1.165) is 12.8 Å². The van der Waals surface area contributed by atoms with E-state index in [1.807, 2.05) is 0 Å². The SMILES string of the molecule is CCC(F)CNc1ncc(-c2ccc(F)cn2)c(NC2CCCCC2)n1. The highest BCUT2D eigenvalue weighted by Crippen LogP contribution is 2.28. The molecule has 2 aromatic heterocycles. The number of aromatic nitrogens is 3. The molecule has 2 heterocycles. The molecule has 140 valence electrons. The van der Waals surface area contributed by atoms with E-state index in [9.17, 15) is 8.78 Å². The molecule has 7 heteroatoms. The maximum absolute atomic E-state index is 13.5. The third-order valence-corrected chi connectivity index (χ3v) is 4.66. The van der Waals surface area contributed by atoms with Crippen LogP contribution in [-0.2, 0) is 0 Å². The van der Waals surface area contributed by atoms with Crippen molar-refractivity contribution in [2.45, 2.75) is 57.7 Å². The van der Waals surface area contributed by atoms with E-state index in [1.165, 1.54) is 31.5 Å². The number of anilines is 2. The Hall–Kier alpha value is -2.31. The van der Waals surface area contributed by atoms with Gasteiger partial charge in [-0.1, -0.05) is 26.2 Å². The van der Waals surface area contributed by atoms with Crippen LogP contribution in [0.15, 0.2) is 24.5 Å². The van der Waals surface area contributed by atoms with Gasteiger partial charge >= 0.3 is 0 Å². The molecule has 1 aliphatic carbocycles. The predicted octanol–water partition coefficient (Wildman–Crippen LogP) is 4.58. The number of hydrogen-bond donors (Lipinski definition) is 2. The summed E-state index contributed by atoms with van der Waals surface area (Å²) in [4.78, 5) is 13.0. The van der Waals surface area contributed by atoms with Crippen LogP contribution in [0.2, 0.25) is 0 Å². The molecule has 1 aliphatic rings. The quantitative estimate of drug-likeness (QED) is 0.756. The number of rotatable bonds is 7. The van der Waals surface area contributed by atoms with Crippen molar-refractivity contribution in [3.05, 3.63) is 30.3 Å². The molecule has 0 amide bonds. The molecule has 0 radical (unpaired) electrons. The van der Waals surface area contributed by atoms with Gasteiger partial charge in [-0.15, -0.1) is 0 Å². The Balaban J connectivity index is 1.85. The molecule has 26 heavy (non-hydrogen) atoms. The summed E-state index contributed by atoms with van der Waals surface area (Å²) in [5, 5.41) is 6.43. The summed E-state index contributed by atoms with van der Waals surface area (Å²) in [5.74, 6) is 0.647. The topological polar surface area (TPSA) is 62.7 Å². The summed E-state index contributed by atoms with van der Waals surface area (Å²) >= 11 is 0. The summed E-state index contributed by atoms with van der Waals surface area (Å²) in [7, 11) is 0. The number of nitrogens with one attached hydrogen (secondary N) is 2.